The van der Waals surface area contributed by atoms with E-state index in [0.29, 0.717) is 5.75 Å². The van der Waals surface area contributed by atoms with Crippen LogP contribution in [-0.4, -0.2) is 35.7 Å². The normalized spacial score (nSPS) is 10.9. The minimum Gasteiger partial charge on any atom is -0.493 e. The Morgan fingerprint density at radius 1 is 1.09 bits per heavy atom. The van der Waals surface area contributed by atoms with Crippen molar-refractivity contribution in [1.82, 2.24) is 0 Å². The van der Waals surface area contributed by atoms with E-state index in [1.165, 1.54) is 61.6 Å². The molecule has 1 N–H and O–H groups in total. The predicted molar refractivity (Wildman–Crippen MR) is 86.0 cm³/mol. The van der Waals surface area contributed by atoms with Crippen molar-refractivity contribution >= 4 is 33.0 Å². The van der Waals surface area contributed by atoms with Crippen LogP contribution in [0.25, 0.3) is 0 Å². The number of carbonyl (C=O) groups is 1. The lowest BCUT2D eigenvalue weighted by Crippen LogP contribution is -2.15. The van der Waals surface area contributed by atoms with Gasteiger partial charge in [0.2, 0.25) is 0 Å². The molecule has 0 fully saturated rings. The molecule has 9 heteroatoms. The monoisotopic (exact) mass is 357 g/mol. The summed E-state index contributed by atoms with van der Waals surface area (Å²) in [6.45, 7) is 0. The molecule has 0 saturated heterocycles. The van der Waals surface area contributed by atoms with Crippen molar-refractivity contribution in [3.05, 3.63) is 34.5 Å². The van der Waals surface area contributed by atoms with Gasteiger partial charge in [0.1, 0.15) is 0 Å². The number of methoxy groups -OCH3 is 3. The van der Waals surface area contributed by atoms with E-state index in [4.69, 9.17) is 9.47 Å². The first kappa shape index (κ1) is 17.1. The average molecular weight is 357 g/mol. The van der Waals surface area contributed by atoms with Crippen molar-refractivity contribution in [1.29, 1.82) is 0 Å². The summed E-state index contributed by atoms with van der Waals surface area (Å²) in [5, 5.41) is 3.03. The smallest absolute Gasteiger partial charge is 0.340 e. The fourth-order valence-corrected chi connectivity index (χ4v) is 3.74. The van der Waals surface area contributed by atoms with E-state index in [0.717, 1.165) is 0 Å². The number of benzene rings is 1. The van der Waals surface area contributed by atoms with E-state index >= 15 is 0 Å². The topological polar surface area (TPSA) is 90.9 Å². The van der Waals surface area contributed by atoms with Crippen LogP contribution in [0, 0.1) is 0 Å². The first-order chi connectivity index (χ1) is 10.9. The lowest BCUT2D eigenvalue weighted by Gasteiger charge is -2.11. The van der Waals surface area contributed by atoms with Gasteiger partial charge in [-0.05, 0) is 12.1 Å². The lowest BCUT2D eigenvalue weighted by molar-refractivity contribution is 0.0602. The van der Waals surface area contributed by atoms with Gasteiger partial charge in [-0.2, -0.15) is 0 Å². The second-order valence-corrected chi connectivity index (χ2v) is 6.74. The Kier molecular flexibility index (Phi) is 5.12. The molecule has 2 aromatic rings. The molecule has 0 unspecified atom stereocenters. The number of hydrogen-bond acceptors (Lipinski definition) is 7. The van der Waals surface area contributed by atoms with Crippen molar-refractivity contribution in [3.63, 3.8) is 0 Å². The van der Waals surface area contributed by atoms with Gasteiger partial charge in [-0.3, -0.25) is 4.72 Å². The van der Waals surface area contributed by atoms with Crippen LogP contribution < -0.4 is 14.2 Å². The molecule has 1 aromatic carbocycles. The van der Waals surface area contributed by atoms with Gasteiger partial charge >= 0.3 is 5.97 Å². The van der Waals surface area contributed by atoms with E-state index in [9.17, 15) is 13.2 Å². The summed E-state index contributed by atoms with van der Waals surface area (Å²) in [4.78, 5) is 11.6. The zero-order valence-electron chi connectivity index (χ0n) is 12.7. The van der Waals surface area contributed by atoms with Crippen molar-refractivity contribution in [3.8, 4) is 11.5 Å². The maximum absolute atomic E-state index is 12.5. The number of sulfonamides is 1. The maximum atomic E-state index is 12.5. The standard InChI is InChI=1S/C14H15NO6S2/c1-19-12-5-4-9(6-13(12)20-2)23(17,18)15-11-8-22-7-10(11)14(16)21-3/h4-8,15H,1-3H3. The number of carbonyl (C=O) groups excluding carboxylic acids is 1. The molecule has 0 radical (unpaired) electrons. The Morgan fingerprint density at radius 2 is 1.78 bits per heavy atom. The maximum Gasteiger partial charge on any atom is 0.340 e. The molecule has 0 bridgehead atoms. The Labute approximate surface area is 137 Å². The molecule has 23 heavy (non-hydrogen) atoms. The van der Waals surface area contributed by atoms with Crippen LogP contribution in [-0.2, 0) is 14.8 Å². The van der Waals surface area contributed by atoms with Crippen molar-refractivity contribution in [2.75, 3.05) is 26.1 Å². The van der Waals surface area contributed by atoms with E-state index in [1.807, 2.05) is 0 Å². The van der Waals surface area contributed by atoms with Crippen molar-refractivity contribution < 1.29 is 27.4 Å². The fourth-order valence-electron chi connectivity index (χ4n) is 1.83. The van der Waals surface area contributed by atoms with Crippen LogP contribution in [0.15, 0.2) is 33.9 Å². The zero-order valence-corrected chi connectivity index (χ0v) is 14.3. The van der Waals surface area contributed by atoms with E-state index < -0.39 is 16.0 Å². The molecule has 7 nitrogen and oxygen atoms in total. The minimum absolute atomic E-state index is 0.0165. The highest BCUT2D eigenvalue weighted by Gasteiger charge is 2.21. The van der Waals surface area contributed by atoms with Gasteiger partial charge in [-0.15, -0.1) is 11.3 Å². The van der Waals surface area contributed by atoms with Crippen LogP contribution in [0.4, 0.5) is 5.69 Å². The van der Waals surface area contributed by atoms with E-state index in [1.54, 1.807) is 0 Å². The second kappa shape index (κ2) is 6.88. The van der Waals surface area contributed by atoms with Gasteiger partial charge in [0, 0.05) is 16.8 Å². The average Bonchev–Trinajstić information content (AvgIpc) is 3.00. The summed E-state index contributed by atoms with van der Waals surface area (Å²) in [7, 11) is 0.206. The summed E-state index contributed by atoms with van der Waals surface area (Å²) >= 11 is 1.19. The van der Waals surface area contributed by atoms with Crippen LogP contribution in [0.2, 0.25) is 0 Å². The van der Waals surface area contributed by atoms with Gasteiger partial charge in [-0.1, -0.05) is 0 Å². The van der Waals surface area contributed by atoms with E-state index in [-0.39, 0.29) is 21.9 Å². The molecule has 0 saturated carbocycles. The van der Waals surface area contributed by atoms with E-state index in [2.05, 4.69) is 9.46 Å². The number of nitrogens with one attached hydrogen (secondary N) is 1. The molecule has 124 valence electrons. The van der Waals surface area contributed by atoms with Gasteiger partial charge in [0.05, 0.1) is 37.5 Å². The van der Waals surface area contributed by atoms with Crippen LogP contribution in [0.1, 0.15) is 10.4 Å². The largest absolute Gasteiger partial charge is 0.493 e. The number of rotatable bonds is 6. The second-order valence-electron chi connectivity index (χ2n) is 4.31. The number of ether oxygens (including phenoxy) is 3. The van der Waals surface area contributed by atoms with Gasteiger partial charge in [0.15, 0.2) is 11.5 Å². The van der Waals surface area contributed by atoms with Gasteiger partial charge in [0.25, 0.3) is 10.0 Å². The summed E-state index contributed by atoms with van der Waals surface area (Å²) in [6.07, 6.45) is 0. The third kappa shape index (κ3) is 3.57. The molecule has 0 aliphatic carbocycles. The first-order valence-electron chi connectivity index (χ1n) is 6.32. The zero-order chi connectivity index (χ0) is 17.0. The number of hydrogen-bond donors (Lipinski definition) is 1. The third-order valence-corrected chi connectivity index (χ3v) is 5.08. The molecule has 0 amide bonds. The first-order valence-corrected chi connectivity index (χ1v) is 8.75. The highest BCUT2D eigenvalue weighted by Crippen LogP contribution is 2.31. The fraction of sp³-hybridized carbons (Fsp3) is 0.214. The molecular weight excluding hydrogens is 342 g/mol. The Hall–Kier alpha value is -2.26. The molecule has 0 spiro atoms. The Morgan fingerprint density at radius 3 is 2.39 bits per heavy atom. The number of esters is 1. The molecule has 0 atom stereocenters. The molecule has 2 rings (SSSR count). The Balaban J connectivity index is 2.37. The van der Waals surface area contributed by atoms with Gasteiger partial charge in [-0.25, -0.2) is 13.2 Å². The third-order valence-electron chi connectivity index (χ3n) is 2.98. The predicted octanol–water partition coefficient (Wildman–Crippen LogP) is 2.35. The van der Waals surface area contributed by atoms with Crippen LogP contribution in [0.5, 0.6) is 11.5 Å². The molecule has 1 aromatic heterocycles. The summed E-state index contributed by atoms with van der Waals surface area (Å²) < 4.78 is 42.1. The summed E-state index contributed by atoms with van der Waals surface area (Å²) in [5.41, 5.74) is 0.318. The molecule has 0 aliphatic heterocycles. The Bertz CT molecular complexity index is 812. The quantitative estimate of drug-likeness (QED) is 0.798. The highest BCUT2D eigenvalue weighted by atomic mass is 32.2. The summed E-state index contributed by atoms with van der Waals surface area (Å²) in [6, 6.07) is 4.21. The minimum atomic E-state index is -3.89. The molecule has 1 heterocycles. The SMILES string of the molecule is COC(=O)c1cscc1NS(=O)(=O)c1ccc(OC)c(OC)c1. The molecule has 0 aliphatic rings. The van der Waals surface area contributed by atoms with Gasteiger partial charge < -0.3 is 14.2 Å². The molecular formula is C14H15NO6S2. The summed E-state index contributed by atoms with van der Waals surface area (Å²) in [5.74, 6) is 0.0855. The lowest BCUT2D eigenvalue weighted by atomic mass is 10.3. The van der Waals surface area contributed by atoms with Crippen LogP contribution in [0.3, 0.4) is 0 Å². The van der Waals surface area contributed by atoms with Crippen molar-refractivity contribution in [2.24, 2.45) is 0 Å². The van der Waals surface area contributed by atoms with Crippen LogP contribution >= 0.6 is 11.3 Å². The highest BCUT2D eigenvalue weighted by molar-refractivity contribution is 7.92. The number of anilines is 1. The number of thiophene rings is 1. The van der Waals surface area contributed by atoms with Crippen molar-refractivity contribution in [2.45, 2.75) is 4.90 Å².